The molecular formula is C26H19BrN2O3S. The zero-order valence-electron chi connectivity index (χ0n) is 17.9. The van der Waals surface area contributed by atoms with Gasteiger partial charge < -0.3 is 5.11 Å². The summed E-state index contributed by atoms with van der Waals surface area (Å²) in [6.45, 7) is 3.94. The smallest absolute Gasteiger partial charge is 0.301 e. The van der Waals surface area contributed by atoms with Crippen LogP contribution in [0.25, 0.3) is 16.0 Å². The number of thiazole rings is 1. The minimum Gasteiger partial charge on any atom is -0.507 e. The molecule has 1 aromatic heterocycles. The number of fused-ring (bicyclic) bond motifs is 1. The number of amides is 1. The van der Waals surface area contributed by atoms with E-state index in [1.807, 2.05) is 68.4 Å². The molecule has 1 aliphatic rings. The Kier molecular flexibility index (Phi) is 5.38. The van der Waals surface area contributed by atoms with Gasteiger partial charge in [0.05, 0.1) is 21.8 Å². The molecule has 1 saturated heterocycles. The van der Waals surface area contributed by atoms with Crippen molar-refractivity contribution in [3.8, 4) is 0 Å². The minimum absolute atomic E-state index is 0.0531. The maximum atomic E-state index is 13.3. The Labute approximate surface area is 203 Å². The number of benzene rings is 3. The molecule has 1 N–H and O–H groups in total. The van der Waals surface area contributed by atoms with Crippen molar-refractivity contribution in [2.75, 3.05) is 4.90 Å². The van der Waals surface area contributed by atoms with Crippen LogP contribution in [-0.2, 0) is 9.59 Å². The molecule has 0 unspecified atom stereocenters. The van der Waals surface area contributed by atoms with Gasteiger partial charge in [0.1, 0.15) is 5.76 Å². The number of Topliss-reactive ketones (excluding diaryl/α,β-unsaturated/α-hetero) is 1. The minimum atomic E-state index is -0.800. The van der Waals surface area contributed by atoms with Crippen LogP contribution in [0.5, 0.6) is 0 Å². The van der Waals surface area contributed by atoms with Crippen LogP contribution < -0.4 is 4.90 Å². The van der Waals surface area contributed by atoms with Crippen molar-refractivity contribution in [1.29, 1.82) is 0 Å². The van der Waals surface area contributed by atoms with Crippen molar-refractivity contribution in [1.82, 2.24) is 4.98 Å². The molecule has 0 saturated carbocycles. The number of hydrogen-bond donors (Lipinski definition) is 1. The van der Waals surface area contributed by atoms with Gasteiger partial charge in [0.25, 0.3) is 5.78 Å². The molecule has 4 aromatic rings. The number of halogens is 1. The average molecular weight is 519 g/mol. The number of ketones is 1. The first-order chi connectivity index (χ1) is 15.8. The van der Waals surface area contributed by atoms with Gasteiger partial charge in [-0.15, -0.1) is 0 Å². The van der Waals surface area contributed by atoms with Gasteiger partial charge in [0.15, 0.2) is 5.13 Å². The Hall–Kier alpha value is -3.29. The molecule has 5 rings (SSSR count). The first kappa shape index (κ1) is 21.6. The molecule has 3 aromatic carbocycles. The molecular weight excluding hydrogens is 500 g/mol. The highest BCUT2D eigenvalue weighted by Crippen LogP contribution is 2.44. The fourth-order valence-corrected chi connectivity index (χ4v) is 5.52. The Balaban J connectivity index is 1.74. The first-order valence-electron chi connectivity index (χ1n) is 10.3. The predicted molar refractivity (Wildman–Crippen MR) is 134 cm³/mol. The lowest BCUT2D eigenvalue weighted by Gasteiger charge is -2.23. The summed E-state index contributed by atoms with van der Waals surface area (Å²) < 4.78 is 1.74. The fraction of sp³-hybridized carbons (Fsp3) is 0.115. The van der Waals surface area contributed by atoms with Gasteiger partial charge >= 0.3 is 5.91 Å². The monoisotopic (exact) mass is 518 g/mol. The number of aryl methyl sites for hydroxylation is 2. The van der Waals surface area contributed by atoms with Gasteiger partial charge in [-0.3, -0.25) is 14.5 Å². The van der Waals surface area contributed by atoms with Crippen molar-refractivity contribution in [3.05, 3.63) is 99.0 Å². The lowest BCUT2D eigenvalue weighted by atomic mass is 9.95. The van der Waals surface area contributed by atoms with E-state index in [4.69, 9.17) is 0 Å². The molecule has 7 heteroatoms. The summed E-state index contributed by atoms with van der Waals surface area (Å²) in [6.07, 6.45) is 0. The fourth-order valence-electron chi connectivity index (χ4n) is 4.01. The summed E-state index contributed by atoms with van der Waals surface area (Å²) in [5.74, 6) is -1.63. The second kappa shape index (κ2) is 8.24. The van der Waals surface area contributed by atoms with E-state index in [1.165, 1.54) is 16.2 Å². The van der Waals surface area contributed by atoms with E-state index in [9.17, 15) is 14.7 Å². The van der Waals surface area contributed by atoms with E-state index in [0.29, 0.717) is 16.3 Å². The van der Waals surface area contributed by atoms with Crippen molar-refractivity contribution < 1.29 is 14.7 Å². The van der Waals surface area contributed by atoms with E-state index in [0.717, 1.165) is 25.8 Å². The molecule has 2 heterocycles. The van der Waals surface area contributed by atoms with Gasteiger partial charge in [-0.2, -0.15) is 0 Å². The van der Waals surface area contributed by atoms with Gasteiger partial charge in [-0.1, -0.05) is 75.3 Å². The number of aromatic nitrogens is 1. The Morgan fingerprint density at radius 2 is 1.73 bits per heavy atom. The van der Waals surface area contributed by atoms with Crippen LogP contribution >= 0.6 is 27.3 Å². The van der Waals surface area contributed by atoms with Crippen molar-refractivity contribution in [3.63, 3.8) is 0 Å². The molecule has 5 nitrogen and oxygen atoms in total. The molecule has 1 aliphatic heterocycles. The number of hydrogen-bond acceptors (Lipinski definition) is 5. The molecule has 1 amide bonds. The van der Waals surface area contributed by atoms with Gasteiger partial charge in [0.2, 0.25) is 0 Å². The Morgan fingerprint density at radius 1 is 1.00 bits per heavy atom. The molecule has 164 valence electrons. The van der Waals surface area contributed by atoms with Crippen molar-refractivity contribution in [2.45, 2.75) is 19.9 Å². The average Bonchev–Trinajstić information content (AvgIpc) is 3.32. The highest BCUT2D eigenvalue weighted by Gasteiger charge is 2.48. The van der Waals surface area contributed by atoms with Gasteiger partial charge in [-0.25, -0.2) is 4.98 Å². The third-order valence-electron chi connectivity index (χ3n) is 5.67. The number of nitrogens with zero attached hydrogens (tertiary/aromatic N) is 2. The molecule has 0 radical (unpaired) electrons. The second-order valence-electron chi connectivity index (χ2n) is 8.06. The Bertz CT molecular complexity index is 1460. The second-order valence-corrected chi connectivity index (χ2v) is 9.98. The predicted octanol–water partition coefficient (Wildman–Crippen LogP) is 6.30. The first-order valence-corrected chi connectivity index (χ1v) is 11.9. The maximum Gasteiger partial charge on any atom is 0.301 e. The SMILES string of the molecule is Cc1ccc(C(O)=C2C(=O)C(=O)N(c3nc4ccc(C)cc4s3)[C@@H]2c2cccc(Br)c2)cc1. The van der Waals surface area contributed by atoms with Crippen LogP contribution in [-0.4, -0.2) is 21.8 Å². The van der Waals surface area contributed by atoms with E-state index in [2.05, 4.69) is 20.9 Å². The van der Waals surface area contributed by atoms with Gasteiger partial charge in [0, 0.05) is 10.0 Å². The van der Waals surface area contributed by atoms with Crippen LogP contribution in [0.1, 0.15) is 28.3 Å². The summed E-state index contributed by atoms with van der Waals surface area (Å²) in [4.78, 5) is 32.6. The van der Waals surface area contributed by atoms with Crippen LogP contribution in [0.4, 0.5) is 5.13 Å². The summed E-state index contributed by atoms with van der Waals surface area (Å²) in [5.41, 5.74) is 4.11. The molecule has 0 spiro atoms. The molecule has 1 atom stereocenters. The molecule has 0 aliphatic carbocycles. The van der Waals surface area contributed by atoms with Crippen LogP contribution in [0, 0.1) is 13.8 Å². The number of carbonyl (C=O) groups is 2. The van der Waals surface area contributed by atoms with Gasteiger partial charge in [-0.05, 0) is 49.2 Å². The number of aliphatic hydroxyl groups is 1. The number of carbonyl (C=O) groups excluding carboxylic acids is 2. The van der Waals surface area contributed by atoms with Crippen LogP contribution in [0.15, 0.2) is 76.8 Å². The largest absolute Gasteiger partial charge is 0.507 e. The van der Waals surface area contributed by atoms with E-state index in [1.54, 1.807) is 12.1 Å². The Morgan fingerprint density at radius 3 is 2.45 bits per heavy atom. The summed E-state index contributed by atoms with van der Waals surface area (Å²) >= 11 is 4.84. The molecule has 0 bridgehead atoms. The van der Waals surface area contributed by atoms with Crippen LogP contribution in [0.2, 0.25) is 0 Å². The van der Waals surface area contributed by atoms with Crippen molar-refractivity contribution in [2.24, 2.45) is 0 Å². The lowest BCUT2D eigenvalue weighted by Crippen LogP contribution is -2.29. The standard InChI is InChI=1S/C26H19BrN2O3S/c1-14-6-9-16(10-7-14)23(30)21-22(17-4-3-5-18(27)13-17)29(25(32)24(21)31)26-28-19-11-8-15(2)12-20(19)33-26/h3-13,22,30H,1-2H3/t22-/m1/s1. The number of anilines is 1. The highest BCUT2D eigenvalue weighted by atomic mass is 79.9. The third-order valence-corrected chi connectivity index (χ3v) is 7.18. The summed E-state index contributed by atoms with van der Waals surface area (Å²) in [7, 11) is 0. The van der Waals surface area contributed by atoms with Crippen LogP contribution in [0.3, 0.4) is 0 Å². The lowest BCUT2D eigenvalue weighted by molar-refractivity contribution is -0.132. The quantitative estimate of drug-likeness (QED) is 0.196. The topological polar surface area (TPSA) is 70.5 Å². The zero-order chi connectivity index (χ0) is 23.3. The molecule has 1 fully saturated rings. The zero-order valence-corrected chi connectivity index (χ0v) is 20.3. The summed E-state index contributed by atoms with van der Waals surface area (Å²) in [5, 5.41) is 11.6. The third kappa shape index (κ3) is 3.77. The van der Waals surface area contributed by atoms with E-state index in [-0.39, 0.29) is 11.3 Å². The normalized spacial score (nSPS) is 17.8. The highest BCUT2D eigenvalue weighted by molar-refractivity contribution is 9.10. The maximum absolute atomic E-state index is 13.3. The number of aliphatic hydroxyl groups excluding tert-OH is 1. The number of rotatable bonds is 3. The van der Waals surface area contributed by atoms with E-state index < -0.39 is 17.7 Å². The summed E-state index contributed by atoms with van der Waals surface area (Å²) in [6, 6.07) is 19.7. The van der Waals surface area contributed by atoms with Crippen molar-refractivity contribution >= 4 is 60.1 Å². The molecule has 33 heavy (non-hydrogen) atoms. The van der Waals surface area contributed by atoms with E-state index >= 15 is 0 Å².